The lowest BCUT2D eigenvalue weighted by Crippen LogP contribution is -2.50. The van der Waals surface area contributed by atoms with Crippen molar-refractivity contribution in [3.63, 3.8) is 0 Å². The molecule has 1 aromatic heterocycles. The Balaban J connectivity index is 1.31. The van der Waals surface area contributed by atoms with Crippen LogP contribution in [0.4, 0.5) is 4.79 Å². The molecule has 2 saturated heterocycles. The van der Waals surface area contributed by atoms with E-state index in [0.717, 1.165) is 55.1 Å². The molecule has 1 aromatic carbocycles. The Morgan fingerprint density at radius 3 is 2.71 bits per heavy atom. The number of hydrogen-bond donors (Lipinski definition) is 1. The third-order valence-corrected chi connectivity index (χ3v) is 8.04. The number of para-hydroxylation sites is 1. The molecule has 1 spiro atoms. The van der Waals surface area contributed by atoms with Gasteiger partial charge in [-0.1, -0.05) is 12.1 Å². The number of rotatable bonds is 4. The maximum atomic E-state index is 13.5. The molecule has 4 heterocycles. The second-order valence-electron chi connectivity index (χ2n) is 10.4. The van der Waals surface area contributed by atoms with E-state index in [-0.39, 0.29) is 18.0 Å². The Morgan fingerprint density at radius 1 is 1.23 bits per heavy atom. The van der Waals surface area contributed by atoms with Crippen LogP contribution in [0.25, 0.3) is 11.3 Å². The van der Waals surface area contributed by atoms with Gasteiger partial charge in [0.1, 0.15) is 11.4 Å². The number of hydrogen-bond acceptors (Lipinski definition) is 6. The molecule has 3 aliphatic heterocycles. The smallest absolute Gasteiger partial charge is 0.409 e. The molecular weight excluding hydrogens is 446 g/mol. The van der Waals surface area contributed by atoms with E-state index in [4.69, 9.17) is 14.5 Å². The van der Waals surface area contributed by atoms with Gasteiger partial charge in [-0.05, 0) is 43.9 Å². The molecule has 0 bridgehead atoms. The Labute approximate surface area is 205 Å². The molecule has 1 atom stereocenters. The van der Waals surface area contributed by atoms with E-state index in [1.54, 1.807) is 4.90 Å². The maximum absolute atomic E-state index is 13.5. The van der Waals surface area contributed by atoms with Crippen LogP contribution < -0.4 is 10.1 Å². The minimum absolute atomic E-state index is 0.0793. The molecule has 35 heavy (non-hydrogen) atoms. The lowest BCUT2D eigenvalue weighted by Gasteiger charge is -2.44. The highest BCUT2D eigenvalue weighted by Crippen LogP contribution is 2.49. The molecule has 4 aliphatic rings. The van der Waals surface area contributed by atoms with E-state index < -0.39 is 5.60 Å². The number of amides is 2. The van der Waals surface area contributed by atoms with Gasteiger partial charge in [0.15, 0.2) is 11.4 Å². The average molecular weight is 480 g/mol. The number of nitrogens with zero attached hydrogens (tertiary/aromatic N) is 4. The first-order chi connectivity index (χ1) is 17.0. The van der Waals surface area contributed by atoms with Gasteiger partial charge in [0.25, 0.3) is 5.91 Å². The predicted octanol–water partition coefficient (Wildman–Crippen LogP) is 2.75. The van der Waals surface area contributed by atoms with Crippen LogP contribution >= 0.6 is 0 Å². The van der Waals surface area contributed by atoms with Gasteiger partial charge in [0.2, 0.25) is 0 Å². The zero-order valence-electron chi connectivity index (χ0n) is 20.5. The van der Waals surface area contributed by atoms with Crippen LogP contribution in [0.3, 0.4) is 0 Å². The zero-order valence-corrected chi connectivity index (χ0v) is 20.5. The number of likely N-dealkylation sites (tertiary alicyclic amines) is 1. The largest absolute Gasteiger partial charge is 0.480 e. The van der Waals surface area contributed by atoms with Crippen LogP contribution in [0.1, 0.15) is 48.4 Å². The standard InChI is InChI=1S/C26H33N5O4/c1-29(18-9-12-27-15-18)24(32)23-28-21-19-5-3-4-6-20(19)35-26(22(21)30(23)2)10-13-31(14-11-26)25(33)34-16-17-7-8-17/h3-6,17-18,27H,7-16H2,1-2H3. The Kier molecular flexibility index (Phi) is 5.47. The van der Waals surface area contributed by atoms with E-state index in [1.165, 1.54) is 0 Å². The van der Waals surface area contributed by atoms with Crippen molar-refractivity contribution in [3.8, 4) is 17.0 Å². The molecule has 1 aliphatic carbocycles. The quantitative estimate of drug-likeness (QED) is 0.726. The maximum Gasteiger partial charge on any atom is 0.409 e. The number of imidazole rings is 1. The summed E-state index contributed by atoms with van der Waals surface area (Å²) in [5, 5.41) is 3.33. The summed E-state index contributed by atoms with van der Waals surface area (Å²) in [4.78, 5) is 34.6. The summed E-state index contributed by atoms with van der Waals surface area (Å²) >= 11 is 0. The molecule has 9 nitrogen and oxygen atoms in total. The summed E-state index contributed by atoms with van der Waals surface area (Å²) in [7, 11) is 3.77. The summed E-state index contributed by atoms with van der Waals surface area (Å²) < 4.78 is 14.1. The lowest BCUT2D eigenvalue weighted by molar-refractivity contribution is -0.0111. The monoisotopic (exact) mass is 479 g/mol. The number of carbonyl (C=O) groups excluding carboxylic acids is 2. The van der Waals surface area contributed by atoms with Gasteiger partial charge < -0.3 is 29.2 Å². The number of piperidine rings is 1. The van der Waals surface area contributed by atoms with Gasteiger partial charge in [-0.15, -0.1) is 0 Å². The summed E-state index contributed by atoms with van der Waals surface area (Å²) in [6.07, 6.45) is 4.23. The molecule has 6 rings (SSSR count). The fourth-order valence-corrected chi connectivity index (χ4v) is 5.66. The number of benzene rings is 1. The van der Waals surface area contributed by atoms with Gasteiger partial charge in [-0.25, -0.2) is 9.78 Å². The highest BCUT2D eigenvalue weighted by atomic mass is 16.6. The zero-order chi connectivity index (χ0) is 24.2. The average Bonchev–Trinajstić information content (AvgIpc) is 3.40. The van der Waals surface area contributed by atoms with Crippen molar-refractivity contribution in [1.29, 1.82) is 0 Å². The highest BCUT2D eigenvalue weighted by Gasteiger charge is 2.48. The second-order valence-corrected chi connectivity index (χ2v) is 10.4. The van der Waals surface area contributed by atoms with Crippen LogP contribution in [0.5, 0.6) is 5.75 Å². The van der Waals surface area contributed by atoms with Gasteiger partial charge in [0, 0.05) is 58.2 Å². The highest BCUT2D eigenvalue weighted by molar-refractivity contribution is 5.92. The van der Waals surface area contributed by atoms with E-state index in [1.807, 2.05) is 47.8 Å². The number of ether oxygens (including phenoxy) is 2. The first kappa shape index (κ1) is 22.4. The van der Waals surface area contributed by atoms with Gasteiger partial charge in [-0.3, -0.25) is 4.79 Å². The number of aromatic nitrogens is 2. The van der Waals surface area contributed by atoms with Crippen molar-refractivity contribution < 1.29 is 19.1 Å². The van der Waals surface area contributed by atoms with E-state index >= 15 is 0 Å². The van der Waals surface area contributed by atoms with Crippen LogP contribution in [-0.2, 0) is 17.4 Å². The summed E-state index contributed by atoms with van der Waals surface area (Å²) in [5.41, 5.74) is 1.98. The van der Waals surface area contributed by atoms with E-state index in [9.17, 15) is 9.59 Å². The van der Waals surface area contributed by atoms with Crippen molar-refractivity contribution in [2.24, 2.45) is 13.0 Å². The van der Waals surface area contributed by atoms with Crippen molar-refractivity contribution >= 4 is 12.0 Å². The first-order valence-electron chi connectivity index (χ1n) is 12.7. The molecule has 1 saturated carbocycles. The molecule has 3 fully saturated rings. The molecule has 2 amide bonds. The predicted molar refractivity (Wildman–Crippen MR) is 129 cm³/mol. The van der Waals surface area contributed by atoms with E-state index in [2.05, 4.69) is 5.32 Å². The fraction of sp³-hybridized carbons (Fsp3) is 0.577. The number of nitrogens with one attached hydrogen (secondary N) is 1. The minimum atomic E-state index is -0.648. The van der Waals surface area contributed by atoms with Gasteiger partial charge in [-0.2, -0.15) is 0 Å². The third-order valence-electron chi connectivity index (χ3n) is 8.04. The van der Waals surface area contributed by atoms with Gasteiger partial charge >= 0.3 is 6.09 Å². The topological polar surface area (TPSA) is 88.9 Å². The Bertz CT molecular complexity index is 1140. The first-order valence-corrected chi connectivity index (χ1v) is 12.7. The summed E-state index contributed by atoms with van der Waals surface area (Å²) in [6.45, 7) is 3.31. The van der Waals surface area contributed by atoms with Crippen LogP contribution in [-0.4, -0.2) is 77.2 Å². The van der Waals surface area contributed by atoms with Crippen molar-refractivity contribution in [2.45, 2.75) is 43.7 Å². The summed E-state index contributed by atoms with van der Waals surface area (Å²) in [6, 6.07) is 8.05. The SMILES string of the molecule is CN(C(=O)c1nc2c(n1C)C1(CCN(C(=O)OCC3CC3)CC1)Oc1ccccc1-2)C1CCNC1. The minimum Gasteiger partial charge on any atom is -0.480 e. The molecule has 1 unspecified atom stereocenters. The number of likely N-dealkylation sites (N-methyl/N-ethyl adjacent to an activating group) is 1. The van der Waals surface area contributed by atoms with Gasteiger partial charge in [0.05, 0.1) is 12.3 Å². The third kappa shape index (κ3) is 3.86. The van der Waals surface area contributed by atoms with Crippen molar-refractivity contribution in [2.75, 3.05) is 39.8 Å². The number of fused-ring (bicyclic) bond motifs is 4. The normalized spacial score (nSPS) is 22.3. The van der Waals surface area contributed by atoms with E-state index in [0.29, 0.717) is 44.3 Å². The Hall–Kier alpha value is -3.07. The molecule has 186 valence electrons. The molecule has 0 radical (unpaired) electrons. The molecule has 1 N–H and O–H groups in total. The molecule has 2 aromatic rings. The summed E-state index contributed by atoms with van der Waals surface area (Å²) in [5.74, 6) is 1.66. The second kappa shape index (κ2) is 8.55. The van der Waals surface area contributed by atoms with Crippen LogP contribution in [0.15, 0.2) is 24.3 Å². The van der Waals surface area contributed by atoms with Crippen LogP contribution in [0.2, 0.25) is 0 Å². The number of carbonyl (C=O) groups is 2. The fourth-order valence-electron chi connectivity index (χ4n) is 5.66. The van der Waals surface area contributed by atoms with Crippen molar-refractivity contribution in [1.82, 2.24) is 24.7 Å². The molecule has 9 heteroatoms. The Morgan fingerprint density at radius 2 is 2.00 bits per heavy atom. The van der Waals surface area contributed by atoms with Crippen LogP contribution in [0, 0.1) is 5.92 Å². The lowest BCUT2D eigenvalue weighted by atomic mass is 9.83. The van der Waals surface area contributed by atoms with Crippen molar-refractivity contribution in [3.05, 3.63) is 35.8 Å². The molecular formula is C26H33N5O4.